The second-order valence-corrected chi connectivity index (χ2v) is 31.8. The first-order chi connectivity index (χ1) is 46.0. The first-order valence-corrected chi connectivity index (χ1v) is 36.1. The van der Waals surface area contributed by atoms with Crippen LogP contribution in [0, 0.1) is 0 Å². The minimum Gasteiger partial charge on any atom is 3.00 e. The van der Waals surface area contributed by atoms with Crippen LogP contribution in [0.3, 0.4) is 0 Å². The maximum atomic E-state index is 9.87. The van der Waals surface area contributed by atoms with Gasteiger partial charge < -0.3 is 55.1 Å². The number of halogens is 16. The van der Waals surface area contributed by atoms with Gasteiger partial charge in [-0.15, -0.1) is 46.4 Å². The molecule has 0 spiro atoms. The summed E-state index contributed by atoms with van der Waals surface area (Å²) in [4.78, 5) is 0. The molecule has 0 unspecified atom stereocenters. The van der Waals surface area contributed by atoms with E-state index in [0.29, 0.717) is 0 Å². The van der Waals surface area contributed by atoms with Crippen LogP contribution < -0.4 is 0 Å². The van der Waals surface area contributed by atoms with Gasteiger partial charge in [0.25, 0.3) is 0 Å². The molecule has 48 heteroatoms. The molecule has 12 rings (SSSR count). The smallest absolute Gasteiger partial charge is 3.00 e. The molecule has 0 fully saturated rings. The van der Waals surface area contributed by atoms with E-state index in [1.807, 2.05) is 202 Å². The number of aromatic nitrogens is 24. The third kappa shape index (κ3) is 23.0. The van der Waals surface area contributed by atoms with Gasteiger partial charge in [0.05, 0.1) is 10.7 Å². The summed E-state index contributed by atoms with van der Waals surface area (Å²) in [5.74, 6) is 0. The van der Waals surface area contributed by atoms with Crippen molar-refractivity contribution in [1.29, 1.82) is 0 Å². The van der Waals surface area contributed by atoms with Crippen molar-refractivity contribution < 1.29 is 84.5 Å². The molecule has 0 saturated carbocycles. The van der Waals surface area contributed by atoms with Gasteiger partial charge in [0.2, 0.25) is 0 Å². The van der Waals surface area contributed by atoms with E-state index in [0.717, 1.165) is 0 Å². The third-order valence-corrected chi connectivity index (χ3v) is 15.4. The van der Waals surface area contributed by atoms with Crippen molar-refractivity contribution in [1.82, 2.24) is 116 Å². The summed E-state index contributed by atoms with van der Waals surface area (Å²) in [5.41, 5.74) is 0. The van der Waals surface area contributed by atoms with E-state index < -0.39 is 41.8 Å². The molecule has 0 bridgehead atoms. The molecule has 24 nitrogen and oxygen atoms in total. The second-order valence-electron chi connectivity index (χ2n) is 26.4. The molecular weight excluding hydrogens is 1570 g/mol. The molecule has 0 atom stereocenters. The van der Waals surface area contributed by atoms with Crippen LogP contribution in [0.25, 0.3) is 0 Å². The summed E-state index contributed by atoms with van der Waals surface area (Å²) in [6, 6.07) is 23.1. The summed E-state index contributed by atoms with van der Waals surface area (Å²) in [7, 11) is -21.3. The zero-order valence-electron chi connectivity index (χ0n) is 56.9. The van der Waals surface area contributed by atoms with Gasteiger partial charge in [-0.25, -0.2) is 61.2 Å². The summed E-state index contributed by atoms with van der Waals surface area (Å²) >= 11 is 19.1. The quantitative estimate of drug-likeness (QED) is 0.0483. The molecule has 2 radical (unpaired) electrons. The Bertz CT molecular complexity index is 3300. The van der Waals surface area contributed by atoms with Gasteiger partial charge in [-0.3, -0.25) is 0 Å². The molecule has 0 saturated heterocycles. The summed E-state index contributed by atoms with van der Waals surface area (Å²) in [6.45, 7) is 20.1. The second kappa shape index (κ2) is 33.0. The number of alkyl halides is 4. The number of rotatable bonds is 12. The maximum absolute atomic E-state index is 10.7. The van der Waals surface area contributed by atoms with E-state index in [9.17, 15) is 50.4 Å². The average Bonchev–Trinajstić information content (AvgIpc) is 1.51. The Morgan fingerprint density at radius 2 is 0.294 bits per heavy atom. The zero-order chi connectivity index (χ0) is 75.1. The third-order valence-electron chi connectivity index (χ3n) is 15.4. The van der Waals surface area contributed by atoms with Crippen LogP contribution >= 0.6 is 62.0 Å². The van der Waals surface area contributed by atoms with Crippen molar-refractivity contribution in [2.45, 2.75) is 104 Å². The van der Waals surface area contributed by atoms with Gasteiger partial charge in [0.1, 0.15) is 0 Å². The fraction of sp³-hybridized carbons (Fsp3) is 0.333. The molecule has 102 heavy (non-hydrogen) atoms. The van der Waals surface area contributed by atoms with Crippen molar-refractivity contribution >= 4 is 88.2 Å². The van der Waals surface area contributed by atoms with Crippen LogP contribution in [0.5, 0.6) is 0 Å². The van der Waals surface area contributed by atoms with E-state index in [1.165, 1.54) is 0 Å². The largest absolute Gasteiger partial charge is 3.00 e. The maximum Gasteiger partial charge on any atom is 3.00 e. The van der Waals surface area contributed by atoms with E-state index in [2.05, 4.69) is 144 Å². The molecule has 0 aliphatic rings. The normalized spacial score (nSPS) is 13.5. The minimum absolute atomic E-state index is 0. The van der Waals surface area contributed by atoms with E-state index >= 15 is 0 Å². The average molecular weight is 1650 g/mol. The molecule has 0 aromatic carbocycles. The number of hydrogen-bond donors (Lipinski definition) is 0. The van der Waals surface area contributed by atoms with E-state index in [1.54, 1.807) is 74.4 Å². The van der Waals surface area contributed by atoms with Crippen molar-refractivity contribution in [3.05, 3.63) is 222 Å². The number of nitrogens with zero attached hydrogens (tertiary/aromatic N) is 24. The molecule has 12 heterocycles. The molecule has 12 aromatic heterocycles. The summed E-state index contributed by atoms with van der Waals surface area (Å²) in [6.07, 6.45) is 45.0. The van der Waals surface area contributed by atoms with Gasteiger partial charge in [-0.2, -0.15) is 0 Å². The topological polar surface area (TPSA) is 214 Å². The first-order valence-electron chi connectivity index (χ1n) is 29.9. The minimum atomic E-state index is -10.7. The standard InChI is InChI=1S/4C13H18BN6.2CH2Cl2.2F6P.2Fe/c4*1-13(2,3)14(18-10-4-7-15-18,19-11-5-8-16-19)20-12-6-9-17-20;2*2-1-3;2*1-7(2,3,4,5)6;;/h4*4-12H,1-3H3;2*1H2;;;;/q4*-1;;;2*-1;2*+3. The molecule has 562 valence electrons. The Hall–Kier alpha value is -7.00. The fourth-order valence-electron chi connectivity index (χ4n) is 12.1. The zero-order valence-corrected chi connectivity index (χ0v) is 63.9. The molecule has 0 N–H and O–H groups in total. The Labute approximate surface area is 621 Å². The fourth-order valence-corrected chi connectivity index (χ4v) is 12.1. The Kier molecular flexibility index (Phi) is 28.8. The summed E-state index contributed by atoms with van der Waals surface area (Å²) < 4.78 is 142. The van der Waals surface area contributed by atoms with Crippen molar-refractivity contribution in [3.63, 3.8) is 0 Å². The molecule has 12 aromatic rings. The van der Waals surface area contributed by atoms with E-state index in [4.69, 9.17) is 46.4 Å². The molecule has 0 aliphatic carbocycles. The SMILES string of the molecule is CC(C)(C)[B-](n1cccn1)(n1cccn1)n1cccn1.CC(C)(C)[B-](n1cccn1)(n1cccn1)n1cccn1.CC(C)(C)[B-](n1cccn1)(n1cccn1)n1cccn1.CC(C)(C)[B-](n1cccn1)(n1cccn1)n1cccn1.ClCCl.ClCCl.F[P-](F)(F)(F)(F)F.F[P-](F)(F)(F)(F)F.[Fe+3].[Fe+3]. The van der Waals surface area contributed by atoms with Crippen LogP contribution in [0.4, 0.5) is 50.4 Å². The predicted octanol–water partition coefficient (Wildman–Crippen LogP) is 17.4. The van der Waals surface area contributed by atoms with Crippen molar-refractivity contribution in [2.24, 2.45) is 0 Å². The van der Waals surface area contributed by atoms with Crippen LogP contribution in [0.15, 0.2) is 222 Å². The van der Waals surface area contributed by atoms with Crippen molar-refractivity contribution in [3.8, 4) is 0 Å². The number of hydrogen-bond acceptors (Lipinski definition) is 12. The Morgan fingerprint density at radius 3 is 0.333 bits per heavy atom. The molecule has 0 aliphatic heterocycles. The van der Waals surface area contributed by atoms with Crippen LogP contribution in [-0.2, 0) is 34.1 Å². The van der Waals surface area contributed by atoms with Gasteiger partial charge >= 0.3 is 126 Å². The first kappa shape index (κ1) is 89.2. The van der Waals surface area contributed by atoms with Gasteiger partial charge in [-0.05, 0) is 147 Å². The monoisotopic (exact) mass is 1650 g/mol. The van der Waals surface area contributed by atoms with Crippen LogP contribution in [-0.4, -0.2) is 153 Å². The predicted molar refractivity (Wildman–Crippen MR) is 374 cm³/mol. The molecule has 0 amide bonds. The van der Waals surface area contributed by atoms with Gasteiger partial charge in [0, 0.05) is 74.4 Å². The molecular formula is C54H76B4Cl4F12Fe2N24P2. The van der Waals surface area contributed by atoms with E-state index in [-0.39, 0.29) is 66.1 Å². The van der Waals surface area contributed by atoms with Crippen LogP contribution in [0.1, 0.15) is 83.1 Å². The van der Waals surface area contributed by atoms with Gasteiger partial charge in [-0.1, -0.05) is 104 Å². The summed E-state index contributed by atoms with van der Waals surface area (Å²) in [5, 5.41) is 53.7. The van der Waals surface area contributed by atoms with Crippen LogP contribution in [0.2, 0.25) is 21.3 Å². The Balaban J connectivity index is 0.000000322. The van der Waals surface area contributed by atoms with Gasteiger partial charge in [0.15, 0.2) is 0 Å². The Morgan fingerprint density at radius 1 is 0.225 bits per heavy atom. The van der Waals surface area contributed by atoms with Crippen molar-refractivity contribution in [2.75, 3.05) is 10.7 Å².